The Morgan fingerprint density at radius 1 is 0.971 bits per heavy atom. The molecular weight excluding hydrogens is 491 g/mol. The SMILES string of the molecule is O=C(Nc1ccc([N+](=O)[O-])cc1Cl)[C@@H](OC(=O)C1(c2ccc(Cl)cc2)CCCC1)c1ccccc1. The lowest BCUT2D eigenvalue weighted by Crippen LogP contribution is -2.38. The number of carbonyl (C=O) groups excluding carboxylic acids is 2. The van der Waals surface area contributed by atoms with Gasteiger partial charge in [0.15, 0.2) is 0 Å². The molecule has 7 nitrogen and oxygen atoms in total. The highest BCUT2D eigenvalue weighted by Gasteiger charge is 2.45. The predicted molar refractivity (Wildman–Crippen MR) is 134 cm³/mol. The summed E-state index contributed by atoms with van der Waals surface area (Å²) in [5.74, 6) is -1.11. The van der Waals surface area contributed by atoms with Crippen LogP contribution in [0.4, 0.5) is 11.4 Å². The molecule has 0 heterocycles. The highest BCUT2D eigenvalue weighted by Crippen LogP contribution is 2.43. The Bertz CT molecular complexity index is 1240. The second-order valence-electron chi connectivity index (χ2n) is 8.40. The van der Waals surface area contributed by atoms with Crippen molar-refractivity contribution in [2.75, 3.05) is 5.32 Å². The molecule has 0 radical (unpaired) electrons. The molecule has 0 unspecified atom stereocenters. The summed E-state index contributed by atoms with van der Waals surface area (Å²) in [6.45, 7) is 0. The molecule has 0 spiro atoms. The molecule has 1 saturated carbocycles. The fourth-order valence-electron chi connectivity index (χ4n) is 4.40. The van der Waals surface area contributed by atoms with E-state index in [0.717, 1.165) is 24.5 Å². The van der Waals surface area contributed by atoms with Gasteiger partial charge in [-0.15, -0.1) is 0 Å². The highest BCUT2D eigenvalue weighted by molar-refractivity contribution is 6.34. The Morgan fingerprint density at radius 3 is 2.23 bits per heavy atom. The number of esters is 1. The second kappa shape index (κ2) is 10.5. The first-order chi connectivity index (χ1) is 16.8. The van der Waals surface area contributed by atoms with Crippen LogP contribution in [0.5, 0.6) is 0 Å². The fourth-order valence-corrected chi connectivity index (χ4v) is 4.74. The molecule has 180 valence electrons. The van der Waals surface area contributed by atoms with E-state index in [-0.39, 0.29) is 16.4 Å². The quantitative estimate of drug-likeness (QED) is 0.217. The number of carbonyl (C=O) groups is 2. The third kappa shape index (κ3) is 5.31. The number of halogens is 2. The van der Waals surface area contributed by atoms with Gasteiger partial charge in [0, 0.05) is 22.7 Å². The minimum Gasteiger partial charge on any atom is -0.447 e. The Labute approximate surface area is 212 Å². The number of ether oxygens (including phenoxy) is 1. The maximum Gasteiger partial charge on any atom is 0.317 e. The van der Waals surface area contributed by atoms with E-state index in [4.69, 9.17) is 27.9 Å². The van der Waals surface area contributed by atoms with Crippen molar-refractivity contribution >= 4 is 46.5 Å². The van der Waals surface area contributed by atoms with Gasteiger partial charge in [-0.3, -0.25) is 19.7 Å². The Kier molecular flexibility index (Phi) is 7.38. The summed E-state index contributed by atoms with van der Waals surface area (Å²) in [6.07, 6.45) is 1.67. The number of nitrogens with zero attached hydrogens (tertiary/aromatic N) is 1. The summed E-state index contributed by atoms with van der Waals surface area (Å²) in [5, 5.41) is 14.2. The fraction of sp³-hybridized carbons (Fsp3) is 0.231. The van der Waals surface area contributed by atoms with Crippen molar-refractivity contribution in [2.24, 2.45) is 0 Å². The first kappa shape index (κ1) is 24.7. The molecule has 0 bridgehead atoms. The van der Waals surface area contributed by atoms with Gasteiger partial charge in [-0.25, -0.2) is 0 Å². The number of rotatable bonds is 7. The van der Waals surface area contributed by atoms with E-state index < -0.39 is 28.3 Å². The van der Waals surface area contributed by atoms with Gasteiger partial charge >= 0.3 is 5.97 Å². The molecule has 1 amide bonds. The lowest BCUT2D eigenvalue weighted by atomic mass is 9.79. The number of nitro groups is 1. The van der Waals surface area contributed by atoms with E-state index in [1.54, 1.807) is 42.5 Å². The summed E-state index contributed by atoms with van der Waals surface area (Å²) < 4.78 is 5.91. The molecule has 4 rings (SSSR count). The maximum absolute atomic E-state index is 13.6. The number of nitro benzene ring substituents is 1. The molecule has 3 aromatic carbocycles. The number of anilines is 1. The van der Waals surface area contributed by atoms with Crippen molar-refractivity contribution in [3.8, 4) is 0 Å². The average molecular weight is 513 g/mol. The number of non-ortho nitro benzene ring substituents is 1. The monoisotopic (exact) mass is 512 g/mol. The zero-order chi connectivity index (χ0) is 25.0. The Balaban J connectivity index is 1.63. The van der Waals surface area contributed by atoms with E-state index >= 15 is 0 Å². The summed E-state index contributed by atoms with van der Waals surface area (Å²) in [6, 6.07) is 19.5. The van der Waals surface area contributed by atoms with Gasteiger partial charge in [0.25, 0.3) is 11.6 Å². The molecular formula is C26H22Cl2N2O5. The van der Waals surface area contributed by atoms with Crippen molar-refractivity contribution in [1.82, 2.24) is 0 Å². The van der Waals surface area contributed by atoms with E-state index in [2.05, 4.69) is 5.32 Å². The zero-order valence-electron chi connectivity index (χ0n) is 18.6. The van der Waals surface area contributed by atoms with Crippen LogP contribution >= 0.6 is 23.2 Å². The van der Waals surface area contributed by atoms with Crippen LogP contribution in [-0.4, -0.2) is 16.8 Å². The molecule has 1 aliphatic carbocycles. The van der Waals surface area contributed by atoms with E-state index in [1.165, 1.54) is 12.1 Å². The van der Waals surface area contributed by atoms with E-state index in [9.17, 15) is 19.7 Å². The second-order valence-corrected chi connectivity index (χ2v) is 9.25. The normalized spacial score (nSPS) is 15.3. The van der Waals surface area contributed by atoms with Gasteiger partial charge in [-0.1, -0.05) is 78.5 Å². The average Bonchev–Trinajstić information content (AvgIpc) is 3.36. The van der Waals surface area contributed by atoms with Crippen LogP contribution in [0.2, 0.25) is 10.0 Å². The molecule has 1 atom stereocenters. The molecule has 3 aromatic rings. The number of nitrogens with one attached hydrogen (secondary N) is 1. The van der Waals surface area contributed by atoms with Crippen LogP contribution in [0.3, 0.4) is 0 Å². The number of benzene rings is 3. The van der Waals surface area contributed by atoms with Crippen LogP contribution in [0, 0.1) is 10.1 Å². The minimum absolute atomic E-state index is 0.000819. The molecule has 0 aliphatic heterocycles. The molecule has 9 heteroatoms. The third-order valence-electron chi connectivity index (χ3n) is 6.23. The van der Waals surface area contributed by atoms with Gasteiger partial charge in [-0.2, -0.15) is 0 Å². The van der Waals surface area contributed by atoms with Crippen molar-refractivity contribution in [2.45, 2.75) is 37.2 Å². The largest absolute Gasteiger partial charge is 0.447 e. The van der Waals surface area contributed by atoms with Crippen LogP contribution in [-0.2, 0) is 19.7 Å². The molecule has 0 aromatic heterocycles. The van der Waals surface area contributed by atoms with Gasteiger partial charge in [-0.05, 0) is 36.6 Å². The van der Waals surface area contributed by atoms with Crippen molar-refractivity contribution < 1.29 is 19.2 Å². The lowest BCUT2D eigenvalue weighted by Gasteiger charge is -2.30. The first-order valence-corrected chi connectivity index (χ1v) is 11.8. The molecule has 1 N–H and O–H groups in total. The highest BCUT2D eigenvalue weighted by atomic mass is 35.5. The molecule has 35 heavy (non-hydrogen) atoms. The van der Waals surface area contributed by atoms with Gasteiger partial charge < -0.3 is 10.1 Å². The van der Waals surface area contributed by atoms with Gasteiger partial charge in [0.05, 0.1) is 21.0 Å². The Morgan fingerprint density at radius 2 is 1.63 bits per heavy atom. The Hall–Kier alpha value is -3.42. The van der Waals surface area contributed by atoms with Crippen LogP contribution in [0.25, 0.3) is 0 Å². The predicted octanol–water partition coefficient (Wildman–Crippen LogP) is 6.64. The van der Waals surface area contributed by atoms with Gasteiger partial charge in [0.1, 0.15) is 0 Å². The first-order valence-electron chi connectivity index (χ1n) is 11.1. The standard InChI is InChI=1S/C26H22Cl2N2O5/c27-19-10-8-18(9-11-19)26(14-4-5-15-26)25(32)35-23(17-6-2-1-3-7-17)24(31)29-22-13-12-20(30(33)34)16-21(22)28/h1-3,6-13,16,23H,4-5,14-15H2,(H,29,31)/t23-/m0/s1. The maximum atomic E-state index is 13.6. The molecule has 0 saturated heterocycles. The van der Waals surface area contributed by atoms with Crippen molar-refractivity contribution in [1.29, 1.82) is 0 Å². The van der Waals surface area contributed by atoms with E-state index in [0.29, 0.717) is 23.4 Å². The van der Waals surface area contributed by atoms with Crippen molar-refractivity contribution in [3.05, 3.63) is 104 Å². The smallest absolute Gasteiger partial charge is 0.317 e. The minimum atomic E-state index is -1.25. The lowest BCUT2D eigenvalue weighted by molar-refractivity contribution is -0.384. The number of hydrogen-bond donors (Lipinski definition) is 1. The summed E-state index contributed by atoms with van der Waals surface area (Å²) in [7, 11) is 0. The van der Waals surface area contributed by atoms with E-state index in [1.807, 2.05) is 12.1 Å². The summed E-state index contributed by atoms with van der Waals surface area (Å²) in [4.78, 5) is 37.4. The summed E-state index contributed by atoms with van der Waals surface area (Å²) in [5.41, 5.74) is 0.386. The van der Waals surface area contributed by atoms with Crippen LogP contribution in [0.1, 0.15) is 42.9 Å². The van der Waals surface area contributed by atoms with Crippen molar-refractivity contribution in [3.63, 3.8) is 0 Å². The van der Waals surface area contributed by atoms with Crippen LogP contribution < -0.4 is 5.32 Å². The third-order valence-corrected chi connectivity index (χ3v) is 6.80. The summed E-state index contributed by atoms with van der Waals surface area (Å²) >= 11 is 12.2. The van der Waals surface area contributed by atoms with Gasteiger partial charge in [0.2, 0.25) is 6.10 Å². The van der Waals surface area contributed by atoms with Crippen LogP contribution in [0.15, 0.2) is 72.8 Å². The molecule has 1 fully saturated rings. The topological polar surface area (TPSA) is 98.5 Å². The number of amides is 1. The molecule has 1 aliphatic rings. The zero-order valence-corrected chi connectivity index (χ0v) is 20.1. The number of hydrogen-bond acceptors (Lipinski definition) is 5.